The number of hydrogen-bond donors (Lipinski definition) is 1. The Labute approximate surface area is 144 Å². The third kappa shape index (κ3) is 9.81. The largest absolute Gasteiger partial charge is 0.389 e. The Balaban J connectivity index is 1.96. The van der Waals surface area contributed by atoms with Crippen molar-refractivity contribution in [2.45, 2.75) is 103 Å². The summed E-state index contributed by atoms with van der Waals surface area (Å²) in [6.07, 6.45) is 17.5. The van der Waals surface area contributed by atoms with Crippen molar-refractivity contribution < 1.29 is 5.11 Å². The van der Waals surface area contributed by atoms with Crippen LogP contribution in [-0.2, 0) is 6.42 Å². The summed E-state index contributed by atoms with van der Waals surface area (Å²) < 4.78 is 0. The van der Waals surface area contributed by atoms with Gasteiger partial charge in [-0.25, -0.2) is 0 Å². The predicted molar refractivity (Wildman–Crippen MR) is 102 cm³/mol. The van der Waals surface area contributed by atoms with E-state index in [0.717, 1.165) is 12.0 Å². The zero-order chi connectivity index (χ0) is 16.8. The first-order chi connectivity index (χ1) is 11.3. The van der Waals surface area contributed by atoms with Crippen LogP contribution in [0, 0.1) is 0 Å². The molecule has 132 valence electrons. The minimum absolute atomic E-state index is 0.344. The lowest BCUT2D eigenvalue weighted by Crippen LogP contribution is -1.98. The summed E-state index contributed by atoms with van der Waals surface area (Å²) in [7, 11) is 0. The Bertz CT molecular complexity index is 383. The molecule has 0 saturated heterocycles. The van der Waals surface area contributed by atoms with Gasteiger partial charge in [0.25, 0.3) is 0 Å². The van der Waals surface area contributed by atoms with Gasteiger partial charge in [0, 0.05) is 0 Å². The number of hydrogen-bond acceptors (Lipinski definition) is 1. The van der Waals surface area contributed by atoms with Gasteiger partial charge >= 0.3 is 0 Å². The molecule has 1 atom stereocenters. The summed E-state index contributed by atoms with van der Waals surface area (Å²) in [5.41, 5.74) is 2.44. The molecule has 0 heterocycles. The molecule has 1 rings (SSSR count). The van der Waals surface area contributed by atoms with Crippen LogP contribution in [0.25, 0.3) is 0 Å². The zero-order valence-electron chi connectivity index (χ0n) is 15.5. The topological polar surface area (TPSA) is 20.2 Å². The number of benzene rings is 1. The molecule has 0 aliphatic heterocycles. The van der Waals surface area contributed by atoms with E-state index in [1.54, 1.807) is 0 Å². The van der Waals surface area contributed by atoms with Crippen LogP contribution in [0.15, 0.2) is 24.3 Å². The van der Waals surface area contributed by atoms with Gasteiger partial charge in [-0.1, -0.05) is 102 Å². The van der Waals surface area contributed by atoms with E-state index in [1.165, 1.54) is 82.6 Å². The SMILES string of the molecule is CCCCCCCCCCCCCCc1ccccc1C(C)O. The van der Waals surface area contributed by atoms with Gasteiger partial charge in [0.2, 0.25) is 0 Å². The first-order valence-electron chi connectivity index (χ1n) is 10.0. The molecule has 1 unspecified atom stereocenters. The van der Waals surface area contributed by atoms with Crippen LogP contribution in [0.3, 0.4) is 0 Å². The second-order valence-electron chi connectivity index (χ2n) is 7.01. The first kappa shape index (κ1) is 20.2. The quantitative estimate of drug-likeness (QED) is 0.367. The minimum atomic E-state index is -0.344. The maximum absolute atomic E-state index is 9.80. The lowest BCUT2D eigenvalue weighted by molar-refractivity contribution is 0.198. The molecular weight excluding hydrogens is 280 g/mol. The van der Waals surface area contributed by atoms with Gasteiger partial charge in [-0.05, 0) is 30.9 Å². The van der Waals surface area contributed by atoms with E-state index in [0.29, 0.717) is 0 Å². The molecule has 1 aromatic rings. The number of unbranched alkanes of at least 4 members (excludes halogenated alkanes) is 11. The zero-order valence-corrected chi connectivity index (χ0v) is 15.5. The van der Waals surface area contributed by atoms with E-state index >= 15 is 0 Å². The molecule has 0 fully saturated rings. The number of aliphatic hydroxyl groups is 1. The maximum atomic E-state index is 9.80. The lowest BCUT2D eigenvalue weighted by Gasteiger charge is -2.11. The van der Waals surface area contributed by atoms with E-state index < -0.39 is 0 Å². The highest BCUT2D eigenvalue weighted by molar-refractivity contribution is 5.28. The summed E-state index contributed by atoms with van der Waals surface area (Å²) in [4.78, 5) is 0. The average Bonchev–Trinajstić information content (AvgIpc) is 2.56. The van der Waals surface area contributed by atoms with Gasteiger partial charge in [0.1, 0.15) is 0 Å². The summed E-state index contributed by atoms with van der Waals surface area (Å²) in [5.74, 6) is 0. The molecular formula is C22H38O. The van der Waals surface area contributed by atoms with E-state index in [4.69, 9.17) is 0 Å². The van der Waals surface area contributed by atoms with Gasteiger partial charge in [0.15, 0.2) is 0 Å². The van der Waals surface area contributed by atoms with Crippen LogP contribution in [0.1, 0.15) is 108 Å². The third-order valence-corrected chi connectivity index (χ3v) is 4.80. The highest BCUT2D eigenvalue weighted by Crippen LogP contribution is 2.20. The number of rotatable bonds is 14. The number of aliphatic hydroxyl groups excluding tert-OH is 1. The molecule has 0 spiro atoms. The maximum Gasteiger partial charge on any atom is 0.0764 e. The molecule has 1 aromatic carbocycles. The monoisotopic (exact) mass is 318 g/mol. The van der Waals surface area contributed by atoms with Crippen LogP contribution < -0.4 is 0 Å². The van der Waals surface area contributed by atoms with Gasteiger partial charge in [-0.3, -0.25) is 0 Å². The molecule has 0 aromatic heterocycles. The fraction of sp³-hybridized carbons (Fsp3) is 0.727. The van der Waals surface area contributed by atoms with Crippen LogP contribution >= 0.6 is 0 Å². The smallest absolute Gasteiger partial charge is 0.0764 e. The highest BCUT2D eigenvalue weighted by atomic mass is 16.3. The van der Waals surface area contributed by atoms with Crippen molar-refractivity contribution in [2.24, 2.45) is 0 Å². The standard InChI is InChI=1S/C22H38O/c1-3-4-5-6-7-8-9-10-11-12-13-14-17-21-18-15-16-19-22(21)20(2)23/h15-16,18-20,23H,3-14,17H2,1-2H3. The van der Waals surface area contributed by atoms with Gasteiger partial charge in [-0.15, -0.1) is 0 Å². The van der Waals surface area contributed by atoms with Crippen molar-refractivity contribution in [3.63, 3.8) is 0 Å². The summed E-state index contributed by atoms with van der Waals surface area (Å²) in [6, 6.07) is 8.33. The van der Waals surface area contributed by atoms with Gasteiger partial charge in [-0.2, -0.15) is 0 Å². The Morgan fingerprint density at radius 1 is 0.739 bits per heavy atom. The average molecular weight is 319 g/mol. The molecule has 1 N–H and O–H groups in total. The van der Waals surface area contributed by atoms with E-state index in [2.05, 4.69) is 25.1 Å². The molecule has 1 heteroatoms. The Kier molecular flexibility index (Phi) is 12.0. The molecule has 0 aliphatic carbocycles. The second kappa shape index (κ2) is 13.6. The van der Waals surface area contributed by atoms with Crippen molar-refractivity contribution in [3.05, 3.63) is 35.4 Å². The molecule has 0 radical (unpaired) electrons. The van der Waals surface area contributed by atoms with Crippen molar-refractivity contribution >= 4 is 0 Å². The van der Waals surface area contributed by atoms with Crippen LogP contribution in [0.4, 0.5) is 0 Å². The highest BCUT2D eigenvalue weighted by Gasteiger charge is 2.06. The molecule has 0 aliphatic rings. The minimum Gasteiger partial charge on any atom is -0.389 e. The second-order valence-corrected chi connectivity index (χ2v) is 7.01. The summed E-state index contributed by atoms with van der Waals surface area (Å²) in [6.45, 7) is 4.14. The fourth-order valence-corrected chi connectivity index (χ4v) is 3.33. The van der Waals surface area contributed by atoms with Crippen LogP contribution in [0.5, 0.6) is 0 Å². The molecule has 0 amide bonds. The predicted octanol–water partition coefficient (Wildman–Crippen LogP) is 6.98. The third-order valence-electron chi connectivity index (χ3n) is 4.80. The Morgan fingerprint density at radius 2 is 1.22 bits per heavy atom. The first-order valence-corrected chi connectivity index (χ1v) is 10.0. The van der Waals surface area contributed by atoms with E-state index in [9.17, 15) is 5.11 Å². The van der Waals surface area contributed by atoms with E-state index in [-0.39, 0.29) is 6.10 Å². The van der Waals surface area contributed by atoms with Crippen LogP contribution in [0.2, 0.25) is 0 Å². The Hall–Kier alpha value is -0.820. The van der Waals surface area contributed by atoms with Crippen LogP contribution in [-0.4, -0.2) is 5.11 Å². The summed E-state index contributed by atoms with van der Waals surface area (Å²) >= 11 is 0. The Morgan fingerprint density at radius 3 is 1.74 bits per heavy atom. The van der Waals surface area contributed by atoms with Gasteiger partial charge < -0.3 is 5.11 Å². The molecule has 23 heavy (non-hydrogen) atoms. The number of aryl methyl sites for hydroxylation is 1. The fourth-order valence-electron chi connectivity index (χ4n) is 3.33. The van der Waals surface area contributed by atoms with Crippen molar-refractivity contribution in [1.82, 2.24) is 0 Å². The molecule has 0 bridgehead atoms. The molecule has 1 nitrogen and oxygen atoms in total. The summed E-state index contributed by atoms with van der Waals surface area (Å²) in [5, 5.41) is 9.80. The van der Waals surface area contributed by atoms with Crippen molar-refractivity contribution in [3.8, 4) is 0 Å². The van der Waals surface area contributed by atoms with Gasteiger partial charge in [0.05, 0.1) is 6.10 Å². The lowest BCUT2D eigenvalue weighted by atomic mass is 9.97. The molecule has 0 saturated carbocycles. The normalized spacial score (nSPS) is 12.5. The van der Waals surface area contributed by atoms with E-state index in [1.807, 2.05) is 13.0 Å². The van der Waals surface area contributed by atoms with Crippen molar-refractivity contribution in [1.29, 1.82) is 0 Å². The van der Waals surface area contributed by atoms with Crippen molar-refractivity contribution in [2.75, 3.05) is 0 Å².